The summed E-state index contributed by atoms with van der Waals surface area (Å²) in [7, 11) is 0. The standard InChI is InChI=1S/C24H27NO4/c1-19(10-8-9-15-28-17-21-13-6-3-7-14-21)23(26)25-22(18-29-24(25)27)16-20-11-4-2-5-12-20/h2-9,11-14,19,22H,10,15-18H2,1H3/t19-,22+/m1/s1. The Hall–Kier alpha value is -2.92. The zero-order valence-corrected chi connectivity index (χ0v) is 16.7. The Balaban J connectivity index is 1.45. The van der Waals surface area contributed by atoms with Gasteiger partial charge in [-0.3, -0.25) is 4.79 Å². The summed E-state index contributed by atoms with van der Waals surface area (Å²) in [5, 5.41) is 0. The van der Waals surface area contributed by atoms with E-state index in [2.05, 4.69) is 0 Å². The lowest BCUT2D eigenvalue weighted by atomic mass is 10.0. The van der Waals surface area contributed by atoms with Crippen LogP contribution >= 0.6 is 0 Å². The van der Waals surface area contributed by atoms with Gasteiger partial charge in [-0.15, -0.1) is 0 Å². The number of rotatable bonds is 9. The minimum atomic E-state index is -0.544. The molecule has 1 aliphatic rings. The fourth-order valence-electron chi connectivity index (χ4n) is 3.29. The number of ether oxygens (including phenoxy) is 2. The van der Waals surface area contributed by atoms with Gasteiger partial charge in [0.1, 0.15) is 6.61 Å². The summed E-state index contributed by atoms with van der Waals surface area (Å²) in [6.07, 6.45) is 4.46. The third kappa shape index (κ3) is 6.03. The van der Waals surface area contributed by atoms with Crippen LogP contribution in [0, 0.1) is 5.92 Å². The monoisotopic (exact) mass is 393 g/mol. The highest BCUT2D eigenvalue weighted by atomic mass is 16.6. The SMILES string of the molecule is C[C@H](CC=CCOCc1ccccc1)C(=O)N1C(=O)OC[C@@H]1Cc1ccccc1. The van der Waals surface area contributed by atoms with Crippen molar-refractivity contribution in [2.75, 3.05) is 13.2 Å². The van der Waals surface area contributed by atoms with E-state index in [0.717, 1.165) is 11.1 Å². The minimum absolute atomic E-state index is 0.191. The van der Waals surface area contributed by atoms with Crippen LogP contribution in [0.4, 0.5) is 4.79 Å². The molecule has 0 unspecified atom stereocenters. The Labute approximate surface area is 171 Å². The van der Waals surface area contributed by atoms with Crippen LogP contribution in [-0.2, 0) is 27.3 Å². The van der Waals surface area contributed by atoms with Crippen LogP contribution in [0.5, 0.6) is 0 Å². The molecule has 1 fully saturated rings. The van der Waals surface area contributed by atoms with Crippen LogP contribution < -0.4 is 0 Å². The molecule has 0 aliphatic carbocycles. The second-order valence-corrected chi connectivity index (χ2v) is 7.24. The number of hydrogen-bond acceptors (Lipinski definition) is 4. The van der Waals surface area contributed by atoms with E-state index >= 15 is 0 Å². The van der Waals surface area contributed by atoms with Gasteiger partial charge in [0.25, 0.3) is 0 Å². The summed E-state index contributed by atoms with van der Waals surface area (Å²) >= 11 is 0. The average Bonchev–Trinajstić information content (AvgIpc) is 3.11. The van der Waals surface area contributed by atoms with Gasteiger partial charge in [0.15, 0.2) is 0 Å². The van der Waals surface area contributed by atoms with Crippen molar-refractivity contribution < 1.29 is 19.1 Å². The molecule has 0 N–H and O–H groups in total. The zero-order valence-electron chi connectivity index (χ0n) is 16.7. The van der Waals surface area contributed by atoms with Crippen molar-refractivity contribution in [1.29, 1.82) is 0 Å². The third-order valence-corrected chi connectivity index (χ3v) is 4.92. The highest BCUT2D eigenvalue weighted by molar-refractivity contribution is 5.94. The van der Waals surface area contributed by atoms with Crippen LogP contribution in [0.25, 0.3) is 0 Å². The first-order valence-corrected chi connectivity index (χ1v) is 9.95. The Morgan fingerprint density at radius 3 is 2.45 bits per heavy atom. The van der Waals surface area contributed by atoms with Crippen molar-refractivity contribution in [3.8, 4) is 0 Å². The second-order valence-electron chi connectivity index (χ2n) is 7.24. The lowest BCUT2D eigenvalue weighted by Crippen LogP contribution is -2.42. The molecule has 0 bridgehead atoms. The van der Waals surface area contributed by atoms with Gasteiger partial charge in [-0.25, -0.2) is 9.69 Å². The number of nitrogens with zero attached hydrogens (tertiary/aromatic N) is 1. The van der Waals surface area contributed by atoms with E-state index < -0.39 is 6.09 Å². The van der Waals surface area contributed by atoms with Crippen molar-refractivity contribution in [1.82, 2.24) is 4.90 Å². The molecule has 2 amide bonds. The summed E-state index contributed by atoms with van der Waals surface area (Å²) in [5.41, 5.74) is 2.21. The van der Waals surface area contributed by atoms with Crippen molar-refractivity contribution in [2.45, 2.75) is 32.4 Å². The predicted octanol–water partition coefficient (Wildman–Crippen LogP) is 4.38. The molecule has 29 heavy (non-hydrogen) atoms. The molecule has 2 aromatic carbocycles. The number of carbonyl (C=O) groups excluding carboxylic acids is 2. The lowest BCUT2D eigenvalue weighted by molar-refractivity contribution is -0.132. The van der Waals surface area contributed by atoms with Gasteiger partial charge < -0.3 is 9.47 Å². The lowest BCUT2D eigenvalue weighted by Gasteiger charge is -2.22. The molecule has 2 atom stereocenters. The van der Waals surface area contributed by atoms with Gasteiger partial charge in [-0.2, -0.15) is 0 Å². The molecule has 0 spiro atoms. The summed E-state index contributed by atoms with van der Waals surface area (Å²) in [6.45, 7) is 3.12. The molecule has 2 aromatic rings. The van der Waals surface area contributed by atoms with Gasteiger partial charge in [-0.05, 0) is 24.0 Å². The van der Waals surface area contributed by atoms with Gasteiger partial charge in [-0.1, -0.05) is 79.7 Å². The molecule has 5 nitrogen and oxygen atoms in total. The summed E-state index contributed by atoms with van der Waals surface area (Å²) in [4.78, 5) is 26.2. The van der Waals surface area contributed by atoms with E-state index in [1.807, 2.05) is 79.7 Å². The predicted molar refractivity (Wildman–Crippen MR) is 111 cm³/mol. The molecular weight excluding hydrogens is 366 g/mol. The fraction of sp³-hybridized carbons (Fsp3) is 0.333. The third-order valence-electron chi connectivity index (χ3n) is 4.92. The van der Waals surface area contributed by atoms with Crippen molar-refractivity contribution in [3.63, 3.8) is 0 Å². The Morgan fingerprint density at radius 2 is 1.76 bits per heavy atom. The molecule has 5 heteroatoms. The topological polar surface area (TPSA) is 55.8 Å². The number of benzene rings is 2. The molecule has 0 aromatic heterocycles. The van der Waals surface area contributed by atoms with Crippen molar-refractivity contribution in [3.05, 3.63) is 83.9 Å². The fourth-order valence-corrected chi connectivity index (χ4v) is 3.29. The highest BCUT2D eigenvalue weighted by Gasteiger charge is 2.39. The van der Waals surface area contributed by atoms with Gasteiger partial charge >= 0.3 is 6.09 Å². The van der Waals surface area contributed by atoms with Crippen LogP contribution in [0.3, 0.4) is 0 Å². The normalized spacial score (nSPS) is 17.5. The number of hydrogen-bond donors (Lipinski definition) is 0. The van der Waals surface area contributed by atoms with Gasteiger partial charge in [0, 0.05) is 5.92 Å². The summed E-state index contributed by atoms with van der Waals surface area (Å²) in [6, 6.07) is 19.6. The highest BCUT2D eigenvalue weighted by Crippen LogP contribution is 2.21. The molecule has 1 saturated heterocycles. The molecule has 0 saturated carbocycles. The van der Waals surface area contributed by atoms with E-state index in [9.17, 15) is 9.59 Å². The molecular formula is C24H27NO4. The van der Waals surface area contributed by atoms with Crippen LogP contribution in [0.15, 0.2) is 72.8 Å². The van der Waals surface area contributed by atoms with Crippen LogP contribution in [0.1, 0.15) is 24.5 Å². The molecule has 0 radical (unpaired) electrons. The number of allylic oxidation sites excluding steroid dienone is 1. The second kappa shape index (κ2) is 10.6. The van der Waals surface area contributed by atoms with Gasteiger partial charge in [0.05, 0.1) is 19.3 Å². The Bertz CT molecular complexity index is 819. The van der Waals surface area contributed by atoms with E-state index in [4.69, 9.17) is 9.47 Å². The first-order chi connectivity index (χ1) is 14.1. The smallest absolute Gasteiger partial charge is 0.416 e. The Morgan fingerprint density at radius 1 is 1.10 bits per heavy atom. The molecule has 1 aliphatic heterocycles. The largest absolute Gasteiger partial charge is 0.447 e. The maximum atomic E-state index is 12.8. The minimum Gasteiger partial charge on any atom is -0.447 e. The molecule has 3 rings (SSSR count). The Kier molecular flexibility index (Phi) is 7.59. The summed E-state index contributed by atoms with van der Waals surface area (Å²) in [5.74, 6) is -0.493. The van der Waals surface area contributed by atoms with E-state index in [-0.39, 0.29) is 24.5 Å². The number of cyclic esters (lactones) is 1. The van der Waals surface area contributed by atoms with E-state index in [1.165, 1.54) is 4.90 Å². The maximum Gasteiger partial charge on any atom is 0.416 e. The quantitative estimate of drug-likeness (QED) is 0.469. The van der Waals surface area contributed by atoms with E-state index in [0.29, 0.717) is 26.1 Å². The van der Waals surface area contributed by atoms with Crippen LogP contribution in [0.2, 0.25) is 0 Å². The molecule has 152 valence electrons. The number of carbonyl (C=O) groups is 2. The average molecular weight is 393 g/mol. The zero-order chi connectivity index (χ0) is 20.5. The first kappa shape index (κ1) is 20.8. The number of amides is 2. The van der Waals surface area contributed by atoms with E-state index in [1.54, 1.807) is 0 Å². The summed E-state index contributed by atoms with van der Waals surface area (Å²) < 4.78 is 10.8. The maximum absolute atomic E-state index is 12.8. The van der Waals surface area contributed by atoms with Crippen molar-refractivity contribution >= 4 is 12.0 Å². The van der Waals surface area contributed by atoms with Crippen molar-refractivity contribution in [2.24, 2.45) is 5.92 Å². The van der Waals surface area contributed by atoms with Crippen LogP contribution in [-0.4, -0.2) is 36.2 Å². The molecule has 1 heterocycles. The first-order valence-electron chi connectivity index (χ1n) is 9.95. The number of imide groups is 1. The van der Waals surface area contributed by atoms with Gasteiger partial charge in [0.2, 0.25) is 5.91 Å².